The lowest BCUT2D eigenvalue weighted by Crippen LogP contribution is -2.22. The first-order valence-corrected chi connectivity index (χ1v) is 5.60. The lowest BCUT2D eigenvalue weighted by Gasteiger charge is -2.17. The molecule has 0 fully saturated rings. The average Bonchev–Trinajstić information content (AvgIpc) is 2.74. The van der Waals surface area contributed by atoms with Crippen molar-refractivity contribution in [3.05, 3.63) is 53.5 Å². The molecular formula is C13H15FN2O. The minimum absolute atomic E-state index is 0.194. The van der Waals surface area contributed by atoms with Crippen LogP contribution in [0.15, 0.2) is 35.2 Å². The van der Waals surface area contributed by atoms with E-state index in [1.807, 2.05) is 19.9 Å². The molecule has 0 bridgehead atoms. The molecule has 4 heteroatoms. The van der Waals surface area contributed by atoms with Crippen LogP contribution in [-0.2, 0) is 0 Å². The molecule has 1 unspecified atom stereocenters. The standard InChI is InChI=1S/C13H15FN2O/c1-3-16-13(10-6-9(2)17-8-10)11-4-5-15-7-12(11)14/h4-8,13,16H,3H2,1-2H3. The van der Waals surface area contributed by atoms with Gasteiger partial charge in [-0.05, 0) is 25.6 Å². The summed E-state index contributed by atoms with van der Waals surface area (Å²) in [5, 5.41) is 3.24. The number of hydrogen-bond acceptors (Lipinski definition) is 3. The van der Waals surface area contributed by atoms with Crippen molar-refractivity contribution in [1.82, 2.24) is 10.3 Å². The number of nitrogens with one attached hydrogen (secondary N) is 1. The molecule has 17 heavy (non-hydrogen) atoms. The fourth-order valence-electron chi connectivity index (χ4n) is 1.85. The van der Waals surface area contributed by atoms with E-state index >= 15 is 0 Å². The number of halogens is 1. The third-order valence-electron chi connectivity index (χ3n) is 2.61. The van der Waals surface area contributed by atoms with E-state index in [4.69, 9.17) is 4.42 Å². The fraction of sp³-hybridized carbons (Fsp3) is 0.308. The first kappa shape index (κ1) is 11.8. The molecule has 0 aliphatic carbocycles. The molecule has 0 spiro atoms. The molecule has 0 amide bonds. The van der Waals surface area contributed by atoms with Crippen molar-refractivity contribution in [2.75, 3.05) is 6.54 Å². The Hall–Kier alpha value is -1.68. The van der Waals surface area contributed by atoms with Crippen molar-refractivity contribution in [3.8, 4) is 0 Å². The summed E-state index contributed by atoms with van der Waals surface area (Å²) in [5.41, 5.74) is 1.51. The van der Waals surface area contributed by atoms with Crippen molar-refractivity contribution < 1.29 is 8.81 Å². The van der Waals surface area contributed by atoms with Gasteiger partial charge in [0.25, 0.3) is 0 Å². The molecule has 1 atom stereocenters. The SMILES string of the molecule is CCNC(c1coc(C)c1)c1ccncc1F. The van der Waals surface area contributed by atoms with Gasteiger partial charge in [0.15, 0.2) is 0 Å². The molecule has 0 saturated heterocycles. The van der Waals surface area contributed by atoms with Crippen LogP contribution < -0.4 is 5.32 Å². The Morgan fingerprint density at radius 1 is 1.53 bits per heavy atom. The zero-order valence-corrected chi connectivity index (χ0v) is 9.90. The largest absolute Gasteiger partial charge is 0.469 e. The summed E-state index contributed by atoms with van der Waals surface area (Å²) in [6.45, 7) is 4.60. The van der Waals surface area contributed by atoms with Gasteiger partial charge in [0.1, 0.15) is 11.6 Å². The van der Waals surface area contributed by atoms with E-state index in [9.17, 15) is 4.39 Å². The summed E-state index contributed by atoms with van der Waals surface area (Å²) in [5.74, 6) is 0.509. The van der Waals surface area contributed by atoms with Crippen LogP contribution in [0.1, 0.15) is 29.9 Å². The summed E-state index contributed by atoms with van der Waals surface area (Å²) in [7, 11) is 0. The molecule has 2 rings (SSSR count). The fourth-order valence-corrected chi connectivity index (χ4v) is 1.85. The molecule has 1 N–H and O–H groups in total. The monoisotopic (exact) mass is 234 g/mol. The number of aromatic nitrogens is 1. The van der Waals surface area contributed by atoms with Crippen LogP contribution in [-0.4, -0.2) is 11.5 Å². The van der Waals surface area contributed by atoms with Crippen LogP contribution in [0.25, 0.3) is 0 Å². The molecule has 0 radical (unpaired) electrons. The first-order chi connectivity index (χ1) is 8.22. The highest BCUT2D eigenvalue weighted by atomic mass is 19.1. The van der Waals surface area contributed by atoms with Gasteiger partial charge in [-0.1, -0.05) is 6.92 Å². The average molecular weight is 234 g/mol. The van der Waals surface area contributed by atoms with Gasteiger partial charge < -0.3 is 9.73 Å². The van der Waals surface area contributed by atoms with Crippen molar-refractivity contribution in [1.29, 1.82) is 0 Å². The van der Waals surface area contributed by atoms with Crippen molar-refractivity contribution in [2.24, 2.45) is 0 Å². The highest BCUT2D eigenvalue weighted by Gasteiger charge is 2.18. The van der Waals surface area contributed by atoms with Crippen LogP contribution in [0.3, 0.4) is 0 Å². The maximum absolute atomic E-state index is 13.7. The Bertz CT molecular complexity index is 496. The summed E-state index contributed by atoms with van der Waals surface area (Å²) >= 11 is 0. The van der Waals surface area contributed by atoms with Gasteiger partial charge >= 0.3 is 0 Å². The molecule has 0 aliphatic rings. The maximum Gasteiger partial charge on any atom is 0.146 e. The quantitative estimate of drug-likeness (QED) is 0.884. The highest BCUT2D eigenvalue weighted by molar-refractivity contribution is 5.30. The Labute approximate surface area is 99.7 Å². The molecule has 2 heterocycles. The van der Waals surface area contributed by atoms with Gasteiger partial charge in [-0.15, -0.1) is 0 Å². The lowest BCUT2D eigenvalue weighted by molar-refractivity contribution is 0.519. The lowest BCUT2D eigenvalue weighted by atomic mass is 10.0. The molecule has 2 aromatic heterocycles. The summed E-state index contributed by atoms with van der Waals surface area (Å²) in [4.78, 5) is 3.76. The summed E-state index contributed by atoms with van der Waals surface area (Å²) in [6, 6.07) is 3.40. The molecular weight excluding hydrogens is 219 g/mol. The van der Waals surface area contributed by atoms with Gasteiger partial charge in [0.2, 0.25) is 0 Å². The molecule has 0 aromatic carbocycles. The van der Waals surface area contributed by atoms with Crippen molar-refractivity contribution in [3.63, 3.8) is 0 Å². The molecule has 90 valence electrons. The highest BCUT2D eigenvalue weighted by Crippen LogP contribution is 2.25. The smallest absolute Gasteiger partial charge is 0.146 e. The summed E-state index contributed by atoms with van der Waals surface area (Å²) < 4.78 is 19.0. The second-order valence-corrected chi connectivity index (χ2v) is 3.88. The first-order valence-electron chi connectivity index (χ1n) is 5.60. The topological polar surface area (TPSA) is 38.1 Å². The zero-order chi connectivity index (χ0) is 12.3. The Morgan fingerprint density at radius 2 is 2.35 bits per heavy atom. The third kappa shape index (κ3) is 2.53. The minimum atomic E-state index is -0.308. The van der Waals surface area contributed by atoms with E-state index in [1.54, 1.807) is 18.5 Å². The zero-order valence-electron chi connectivity index (χ0n) is 9.90. The van der Waals surface area contributed by atoms with Crippen LogP contribution in [0.4, 0.5) is 4.39 Å². The minimum Gasteiger partial charge on any atom is -0.469 e. The second kappa shape index (κ2) is 5.10. The van der Waals surface area contributed by atoms with Gasteiger partial charge in [-0.2, -0.15) is 0 Å². The van der Waals surface area contributed by atoms with Crippen LogP contribution in [0, 0.1) is 12.7 Å². The number of furan rings is 1. The van der Waals surface area contributed by atoms with Gasteiger partial charge in [0.05, 0.1) is 18.5 Å². The van der Waals surface area contributed by atoms with Gasteiger partial charge in [-0.3, -0.25) is 4.98 Å². The third-order valence-corrected chi connectivity index (χ3v) is 2.61. The van der Waals surface area contributed by atoms with E-state index in [2.05, 4.69) is 10.3 Å². The number of aryl methyl sites for hydroxylation is 1. The van der Waals surface area contributed by atoms with E-state index in [0.717, 1.165) is 17.9 Å². The Balaban J connectivity index is 2.39. The predicted molar refractivity (Wildman–Crippen MR) is 63.2 cm³/mol. The van der Waals surface area contributed by atoms with Crippen molar-refractivity contribution in [2.45, 2.75) is 19.9 Å². The number of pyridine rings is 1. The Morgan fingerprint density at radius 3 is 2.94 bits per heavy atom. The van der Waals surface area contributed by atoms with Crippen LogP contribution in [0.5, 0.6) is 0 Å². The van der Waals surface area contributed by atoms with E-state index in [0.29, 0.717) is 5.56 Å². The van der Waals surface area contributed by atoms with Crippen LogP contribution >= 0.6 is 0 Å². The van der Waals surface area contributed by atoms with E-state index in [1.165, 1.54) is 6.20 Å². The molecule has 0 saturated carbocycles. The summed E-state index contributed by atoms with van der Waals surface area (Å²) in [6.07, 6.45) is 4.48. The number of rotatable bonds is 4. The molecule has 3 nitrogen and oxygen atoms in total. The number of nitrogens with zero attached hydrogens (tertiary/aromatic N) is 1. The van der Waals surface area contributed by atoms with Crippen LogP contribution in [0.2, 0.25) is 0 Å². The molecule has 0 aliphatic heterocycles. The predicted octanol–water partition coefficient (Wildman–Crippen LogP) is 2.82. The van der Waals surface area contributed by atoms with E-state index < -0.39 is 0 Å². The second-order valence-electron chi connectivity index (χ2n) is 3.88. The Kier molecular flexibility index (Phi) is 3.54. The van der Waals surface area contributed by atoms with Crippen molar-refractivity contribution >= 4 is 0 Å². The van der Waals surface area contributed by atoms with Gasteiger partial charge in [-0.25, -0.2) is 4.39 Å². The maximum atomic E-state index is 13.7. The van der Waals surface area contributed by atoms with Gasteiger partial charge in [0, 0.05) is 17.3 Å². The normalized spacial score (nSPS) is 12.6. The number of hydrogen-bond donors (Lipinski definition) is 1. The molecule has 2 aromatic rings. The van der Waals surface area contributed by atoms with E-state index in [-0.39, 0.29) is 11.9 Å².